The normalized spacial score (nSPS) is 15.6. The number of ether oxygens (including phenoxy) is 1. The number of benzene rings is 4. The third kappa shape index (κ3) is 4.12. The SMILES string of the molecule is CCOC(=O)C1=C(C)N=c2s/c(=C/c3c4ccccc4cc4ccccc34)c(=O)n2C1c1ccc(Br)cc1. The molecule has 1 atom stereocenters. The summed E-state index contributed by atoms with van der Waals surface area (Å²) in [5, 5.41) is 4.37. The molecule has 1 unspecified atom stereocenters. The molecular weight excluding hydrogens is 560 g/mol. The van der Waals surface area contributed by atoms with Crippen LogP contribution in [-0.4, -0.2) is 17.1 Å². The highest BCUT2D eigenvalue weighted by Gasteiger charge is 2.33. The van der Waals surface area contributed by atoms with Gasteiger partial charge < -0.3 is 4.74 Å². The lowest BCUT2D eigenvalue weighted by atomic mass is 9.96. The topological polar surface area (TPSA) is 60.7 Å². The molecule has 0 saturated carbocycles. The number of halogens is 1. The summed E-state index contributed by atoms with van der Waals surface area (Å²) in [6.45, 7) is 3.81. The lowest BCUT2D eigenvalue weighted by Crippen LogP contribution is -2.39. The average Bonchev–Trinajstić information content (AvgIpc) is 3.22. The van der Waals surface area contributed by atoms with Gasteiger partial charge in [-0.2, -0.15) is 0 Å². The summed E-state index contributed by atoms with van der Waals surface area (Å²) in [5.41, 5.74) is 2.55. The van der Waals surface area contributed by atoms with Gasteiger partial charge in [-0.25, -0.2) is 9.79 Å². The Hall–Kier alpha value is -3.81. The summed E-state index contributed by atoms with van der Waals surface area (Å²) in [6.07, 6.45) is 1.97. The first-order valence-corrected chi connectivity index (χ1v) is 13.9. The van der Waals surface area contributed by atoms with Gasteiger partial charge in [-0.1, -0.05) is 87.9 Å². The van der Waals surface area contributed by atoms with Crippen molar-refractivity contribution in [2.75, 3.05) is 6.61 Å². The first-order valence-electron chi connectivity index (χ1n) is 12.3. The van der Waals surface area contributed by atoms with Crippen LogP contribution in [0.1, 0.15) is 31.0 Å². The number of carbonyl (C=O) groups is 1. The molecule has 0 saturated heterocycles. The quantitative estimate of drug-likeness (QED) is 0.197. The molecule has 7 heteroatoms. The van der Waals surface area contributed by atoms with Crippen LogP contribution in [0.4, 0.5) is 0 Å². The summed E-state index contributed by atoms with van der Waals surface area (Å²) in [5.74, 6) is -0.462. The van der Waals surface area contributed by atoms with Crippen molar-refractivity contribution in [2.45, 2.75) is 19.9 Å². The van der Waals surface area contributed by atoms with E-state index >= 15 is 0 Å². The number of esters is 1. The van der Waals surface area contributed by atoms with Crippen molar-refractivity contribution >= 4 is 60.9 Å². The highest BCUT2D eigenvalue weighted by molar-refractivity contribution is 9.10. The Labute approximate surface area is 231 Å². The Kier molecular flexibility index (Phi) is 6.33. The van der Waals surface area contributed by atoms with E-state index in [0.29, 0.717) is 20.6 Å². The third-order valence-corrected chi connectivity index (χ3v) is 8.30. The van der Waals surface area contributed by atoms with E-state index in [2.05, 4.69) is 46.3 Å². The lowest BCUT2D eigenvalue weighted by molar-refractivity contribution is -0.139. The first kappa shape index (κ1) is 24.5. The fourth-order valence-electron chi connectivity index (χ4n) is 5.09. The zero-order valence-corrected chi connectivity index (χ0v) is 23.2. The second-order valence-electron chi connectivity index (χ2n) is 9.09. The van der Waals surface area contributed by atoms with Gasteiger partial charge in [0.05, 0.1) is 28.5 Å². The first-order chi connectivity index (χ1) is 18.5. The second-order valence-corrected chi connectivity index (χ2v) is 11.0. The van der Waals surface area contributed by atoms with E-state index in [1.807, 2.05) is 54.6 Å². The van der Waals surface area contributed by atoms with Crippen molar-refractivity contribution in [3.05, 3.63) is 125 Å². The van der Waals surface area contributed by atoms with Crippen molar-refractivity contribution in [1.29, 1.82) is 0 Å². The van der Waals surface area contributed by atoms with Crippen LogP contribution in [-0.2, 0) is 9.53 Å². The largest absolute Gasteiger partial charge is 0.463 e. The molecule has 0 N–H and O–H groups in total. The van der Waals surface area contributed by atoms with E-state index in [1.54, 1.807) is 18.4 Å². The molecule has 0 spiro atoms. The second kappa shape index (κ2) is 9.82. The van der Waals surface area contributed by atoms with E-state index in [9.17, 15) is 9.59 Å². The maximum Gasteiger partial charge on any atom is 0.338 e. The summed E-state index contributed by atoms with van der Waals surface area (Å²) in [6, 6.07) is 25.6. The Morgan fingerprint density at radius 1 is 1.03 bits per heavy atom. The number of fused-ring (bicyclic) bond motifs is 3. The minimum absolute atomic E-state index is 0.187. The summed E-state index contributed by atoms with van der Waals surface area (Å²) in [7, 11) is 0. The average molecular weight is 584 g/mol. The van der Waals surface area contributed by atoms with Gasteiger partial charge in [0.25, 0.3) is 5.56 Å². The molecule has 2 heterocycles. The predicted octanol–water partition coefficient (Wildman–Crippen LogP) is 5.87. The van der Waals surface area contributed by atoms with Crippen molar-refractivity contribution in [3.63, 3.8) is 0 Å². The number of rotatable bonds is 4. The number of nitrogens with zero attached hydrogens (tertiary/aromatic N) is 2. The highest BCUT2D eigenvalue weighted by Crippen LogP contribution is 2.32. The minimum Gasteiger partial charge on any atom is -0.463 e. The zero-order chi connectivity index (χ0) is 26.4. The van der Waals surface area contributed by atoms with Gasteiger partial charge in [0.15, 0.2) is 4.80 Å². The number of aromatic nitrogens is 1. The minimum atomic E-state index is -0.634. The number of thiazole rings is 1. The smallest absolute Gasteiger partial charge is 0.338 e. The Morgan fingerprint density at radius 2 is 1.66 bits per heavy atom. The maximum atomic E-state index is 14.1. The van der Waals surface area contributed by atoms with Gasteiger partial charge in [0.1, 0.15) is 0 Å². The molecule has 0 amide bonds. The van der Waals surface area contributed by atoms with Crippen LogP contribution in [0, 0.1) is 0 Å². The lowest BCUT2D eigenvalue weighted by Gasteiger charge is -2.24. The van der Waals surface area contributed by atoms with Crippen molar-refractivity contribution < 1.29 is 9.53 Å². The third-order valence-electron chi connectivity index (χ3n) is 6.79. The Morgan fingerprint density at radius 3 is 2.29 bits per heavy atom. The predicted molar refractivity (Wildman–Crippen MR) is 156 cm³/mol. The van der Waals surface area contributed by atoms with Crippen LogP contribution in [0.2, 0.25) is 0 Å². The molecule has 0 aliphatic carbocycles. The van der Waals surface area contributed by atoms with E-state index in [-0.39, 0.29) is 12.2 Å². The van der Waals surface area contributed by atoms with E-state index in [4.69, 9.17) is 9.73 Å². The molecule has 1 aliphatic heterocycles. The molecule has 5 nitrogen and oxygen atoms in total. The van der Waals surface area contributed by atoms with Crippen LogP contribution >= 0.6 is 27.3 Å². The maximum absolute atomic E-state index is 14.1. The van der Waals surface area contributed by atoms with Gasteiger partial charge in [-0.15, -0.1) is 0 Å². The molecule has 188 valence electrons. The van der Waals surface area contributed by atoms with Gasteiger partial charge in [0.2, 0.25) is 0 Å². The molecule has 4 aromatic carbocycles. The van der Waals surface area contributed by atoms with E-state index < -0.39 is 12.0 Å². The summed E-state index contributed by atoms with van der Waals surface area (Å²) >= 11 is 4.82. The van der Waals surface area contributed by atoms with Crippen molar-refractivity contribution in [1.82, 2.24) is 4.57 Å². The molecule has 0 bridgehead atoms. The molecule has 6 rings (SSSR count). The number of hydrogen-bond acceptors (Lipinski definition) is 5. The van der Waals surface area contributed by atoms with Crippen molar-refractivity contribution in [3.8, 4) is 0 Å². The van der Waals surface area contributed by atoms with E-state index in [0.717, 1.165) is 37.1 Å². The van der Waals surface area contributed by atoms with Crippen LogP contribution < -0.4 is 14.9 Å². The molecule has 0 fully saturated rings. The molecule has 5 aromatic rings. The van der Waals surface area contributed by atoms with Gasteiger partial charge >= 0.3 is 5.97 Å². The highest BCUT2D eigenvalue weighted by atomic mass is 79.9. The Bertz CT molecular complexity index is 1900. The van der Waals surface area contributed by atoms with Crippen LogP contribution in [0.15, 0.2) is 104 Å². The molecule has 38 heavy (non-hydrogen) atoms. The summed E-state index contributed by atoms with van der Waals surface area (Å²) < 4.78 is 8.50. The zero-order valence-electron chi connectivity index (χ0n) is 20.8. The van der Waals surface area contributed by atoms with Gasteiger partial charge in [0, 0.05) is 4.47 Å². The fraction of sp³-hybridized carbons (Fsp3) is 0.129. The molecular formula is C31H23BrN2O3S. The van der Waals surface area contributed by atoms with Crippen molar-refractivity contribution in [2.24, 2.45) is 4.99 Å². The monoisotopic (exact) mass is 582 g/mol. The number of hydrogen-bond donors (Lipinski definition) is 0. The molecule has 0 radical (unpaired) electrons. The van der Waals surface area contributed by atoms with Gasteiger partial charge in [-0.3, -0.25) is 9.36 Å². The fourth-order valence-corrected chi connectivity index (χ4v) is 6.38. The van der Waals surface area contributed by atoms with Crippen LogP contribution in [0.5, 0.6) is 0 Å². The van der Waals surface area contributed by atoms with E-state index in [1.165, 1.54) is 11.3 Å². The number of allylic oxidation sites excluding steroid dienone is 1. The summed E-state index contributed by atoms with van der Waals surface area (Å²) in [4.78, 5) is 32.4. The molecule has 1 aromatic heterocycles. The Balaban J connectivity index is 1.64. The van der Waals surface area contributed by atoms with Gasteiger partial charge in [-0.05, 0) is 70.8 Å². The molecule has 1 aliphatic rings. The van der Waals surface area contributed by atoms with Crippen LogP contribution in [0.25, 0.3) is 27.6 Å². The standard InChI is InChI=1S/C31H23BrN2O3S/c1-3-37-30(36)27-18(2)33-31-34(28(27)19-12-14-22(32)15-13-19)29(35)26(38-31)17-25-23-10-6-4-8-20(23)16-21-9-5-7-11-24(21)25/h4-17,28H,3H2,1-2H3/b26-17+. The number of carbonyl (C=O) groups excluding carboxylic acids is 1. The van der Waals surface area contributed by atoms with Crippen LogP contribution in [0.3, 0.4) is 0 Å².